The maximum Gasteiger partial charge on any atom is 0.499 e. The lowest BCUT2D eigenvalue weighted by molar-refractivity contribution is 0.125. The Morgan fingerprint density at radius 2 is 0.957 bits per heavy atom. The highest BCUT2D eigenvalue weighted by Crippen LogP contribution is 2.33. The summed E-state index contributed by atoms with van der Waals surface area (Å²) in [6.45, 7) is 5.52. The molecule has 6 nitrogen and oxygen atoms in total. The number of halogens is 1. The summed E-state index contributed by atoms with van der Waals surface area (Å²) in [6.07, 6.45) is 0. The van der Waals surface area contributed by atoms with Gasteiger partial charge >= 0.3 is 17.6 Å². The third-order valence-corrected chi connectivity index (χ3v) is 15.0. The summed E-state index contributed by atoms with van der Waals surface area (Å²) in [5.74, 6) is 0. The first-order valence-electron chi connectivity index (χ1n) is 7.38. The predicted molar refractivity (Wildman–Crippen MR) is 94.7 cm³/mol. The standard InChI is InChI=1S/C13H31FO6Si3/c1-13(14)21(8,9-11-22(15-2,16-3)17-4)10-12-23(18-5,19-6)20-7/h1,9-12H2,2-8H3. The predicted octanol–water partition coefficient (Wildman–Crippen LogP) is 2.84. The Morgan fingerprint density at radius 3 is 1.13 bits per heavy atom. The molecule has 0 aromatic carbocycles. The van der Waals surface area contributed by atoms with Gasteiger partial charge in [0.2, 0.25) is 0 Å². The molecule has 0 spiro atoms. The van der Waals surface area contributed by atoms with Gasteiger partial charge in [-0.05, 0) is 12.1 Å². The smallest absolute Gasteiger partial charge is 0.377 e. The highest BCUT2D eigenvalue weighted by Gasteiger charge is 2.45. The quantitative estimate of drug-likeness (QED) is 0.454. The number of hydrogen-bond acceptors (Lipinski definition) is 6. The molecule has 0 aliphatic rings. The zero-order valence-corrected chi connectivity index (χ0v) is 18.4. The summed E-state index contributed by atoms with van der Waals surface area (Å²) < 4.78 is 46.7. The van der Waals surface area contributed by atoms with Crippen molar-refractivity contribution >= 4 is 25.7 Å². The van der Waals surface area contributed by atoms with Gasteiger partial charge in [0, 0.05) is 54.7 Å². The van der Waals surface area contributed by atoms with E-state index in [1.165, 1.54) is 0 Å². The molecule has 0 rings (SSSR count). The summed E-state index contributed by atoms with van der Waals surface area (Å²) in [6, 6.07) is 2.32. The van der Waals surface area contributed by atoms with Crippen LogP contribution in [0.1, 0.15) is 0 Å². The Bertz CT molecular complexity index is 323. The van der Waals surface area contributed by atoms with Gasteiger partial charge in [-0.25, -0.2) is 4.39 Å². The van der Waals surface area contributed by atoms with Gasteiger partial charge in [0.05, 0.1) is 5.45 Å². The van der Waals surface area contributed by atoms with Crippen LogP contribution in [0, 0.1) is 0 Å². The molecule has 0 fully saturated rings. The Morgan fingerprint density at radius 1 is 0.696 bits per heavy atom. The average Bonchev–Trinajstić information content (AvgIpc) is 2.58. The van der Waals surface area contributed by atoms with Crippen molar-refractivity contribution in [3.8, 4) is 0 Å². The van der Waals surface area contributed by atoms with Crippen LogP contribution < -0.4 is 0 Å². The van der Waals surface area contributed by atoms with Crippen LogP contribution in [0.15, 0.2) is 12.0 Å². The number of rotatable bonds is 13. The zero-order valence-electron chi connectivity index (χ0n) is 15.4. The lowest BCUT2D eigenvalue weighted by Crippen LogP contribution is -2.47. The van der Waals surface area contributed by atoms with E-state index >= 15 is 0 Å². The second kappa shape index (κ2) is 10.2. The first-order valence-corrected chi connectivity index (χ1v) is 14.2. The highest BCUT2D eigenvalue weighted by molar-refractivity contribution is 6.86. The second-order valence-corrected chi connectivity index (χ2v) is 16.4. The number of hydrogen-bond donors (Lipinski definition) is 0. The SMILES string of the molecule is C=C(F)[Si](C)(CC[Si](OC)(OC)OC)CC[Si](OC)(OC)OC. The van der Waals surface area contributed by atoms with E-state index in [2.05, 4.69) is 6.58 Å². The monoisotopic (exact) mass is 386 g/mol. The molecule has 0 heterocycles. The maximum absolute atomic E-state index is 14.2. The molecular formula is C13H31FO6Si3. The summed E-state index contributed by atoms with van der Waals surface area (Å²) >= 11 is 0. The van der Waals surface area contributed by atoms with Crippen molar-refractivity contribution in [2.24, 2.45) is 0 Å². The first-order chi connectivity index (χ1) is 10.7. The normalized spacial score (nSPS) is 13.4. The molecule has 0 N–H and O–H groups in total. The van der Waals surface area contributed by atoms with Crippen LogP contribution in [-0.2, 0) is 26.6 Å². The minimum Gasteiger partial charge on any atom is -0.377 e. The minimum absolute atomic E-state index is 0.255. The van der Waals surface area contributed by atoms with E-state index in [-0.39, 0.29) is 5.45 Å². The Labute approximate surface area is 142 Å². The molecule has 0 saturated heterocycles. The fourth-order valence-corrected chi connectivity index (χ4v) is 12.2. The van der Waals surface area contributed by atoms with Gasteiger partial charge in [0.1, 0.15) is 8.07 Å². The molecule has 0 aromatic rings. The molecule has 0 amide bonds. The molecule has 0 aromatic heterocycles. The van der Waals surface area contributed by atoms with Crippen molar-refractivity contribution in [3.05, 3.63) is 12.0 Å². The largest absolute Gasteiger partial charge is 0.499 e. The Kier molecular flexibility index (Phi) is 10.2. The summed E-state index contributed by atoms with van der Waals surface area (Å²) in [5, 5.41) is 0. The van der Waals surface area contributed by atoms with Gasteiger partial charge < -0.3 is 26.6 Å². The fraction of sp³-hybridized carbons (Fsp3) is 0.846. The van der Waals surface area contributed by atoms with Gasteiger partial charge in [-0.1, -0.05) is 13.1 Å². The molecule has 0 aliphatic carbocycles. The Hall–Kier alpha value is 0.0806. The summed E-state index contributed by atoms with van der Waals surface area (Å²) in [7, 11) is 1.47. The molecular weight excluding hydrogens is 355 g/mol. The lowest BCUT2D eigenvalue weighted by atomic mass is 10.9. The Balaban J connectivity index is 5.04. The van der Waals surface area contributed by atoms with Gasteiger partial charge in [-0.15, -0.1) is 0 Å². The van der Waals surface area contributed by atoms with E-state index in [0.29, 0.717) is 24.2 Å². The van der Waals surface area contributed by atoms with Gasteiger partial charge in [-0.2, -0.15) is 0 Å². The van der Waals surface area contributed by atoms with E-state index in [1.807, 2.05) is 6.55 Å². The van der Waals surface area contributed by atoms with E-state index < -0.39 is 25.7 Å². The van der Waals surface area contributed by atoms with Crippen LogP contribution in [0.25, 0.3) is 0 Å². The van der Waals surface area contributed by atoms with Crippen molar-refractivity contribution in [2.75, 3.05) is 42.7 Å². The van der Waals surface area contributed by atoms with Gasteiger partial charge in [0.25, 0.3) is 0 Å². The van der Waals surface area contributed by atoms with Crippen molar-refractivity contribution in [1.82, 2.24) is 0 Å². The van der Waals surface area contributed by atoms with Crippen LogP contribution in [0.2, 0.25) is 30.7 Å². The van der Waals surface area contributed by atoms with E-state index in [4.69, 9.17) is 26.6 Å². The third-order valence-electron chi connectivity index (χ3n) is 4.49. The molecule has 138 valence electrons. The first kappa shape index (κ1) is 23.1. The van der Waals surface area contributed by atoms with Crippen molar-refractivity contribution in [2.45, 2.75) is 30.7 Å². The molecule has 0 unspecified atom stereocenters. The maximum atomic E-state index is 14.2. The van der Waals surface area contributed by atoms with Crippen molar-refractivity contribution < 1.29 is 30.9 Å². The van der Waals surface area contributed by atoms with Crippen LogP contribution in [0.3, 0.4) is 0 Å². The minimum atomic E-state index is -2.73. The van der Waals surface area contributed by atoms with E-state index in [1.54, 1.807) is 42.7 Å². The van der Waals surface area contributed by atoms with Crippen LogP contribution >= 0.6 is 0 Å². The summed E-state index contributed by atoms with van der Waals surface area (Å²) in [5.41, 5.74) is -0.255. The molecule has 10 heteroatoms. The van der Waals surface area contributed by atoms with Gasteiger partial charge in [0.15, 0.2) is 0 Å². The zero-order chi connectivity index (χ0) is 18.1. The van der Waals surface area contributed by atoms with Crippen LogP contribution in [0.4, 0.5) is 4.39 Å². The summed E-state index contributed by atoms with van der Waals surface area (Å²) in [4.78, 5) is 0. The molecule has 23 heavy (non-hydrogen) atoms. The van der Waals surface area contributed by atoms with Crippen LogP contribution in [0.5, 0.6) is 0 Å². The van der Waals surface area contributed by atoms with Crippen molar-refractivity contribution in [3.63, 3.8) is 0 Å². The van der Waals surface area contributed by atoms with E-state index in [9.17, 15) is 4.39 Å². The van der Waals surface area contributed by atoms with Crippen molar-refractivity contribution in [1.29, 1.82) is 0 Å². The molecule has 0 saturated carbocycles. The molecule has 0 bridgehead atoms. The topological polar surface area (TPSA) is 55.4 Å². The fourth-order valence-electron chi connectivity index (χ4n) is 2.37. The van der Waals surface area contributed by atoms with Gasteiger partial charge in [-0.3, -0.25) is 0 Å². The molecule has 0 aliphatic heterocycles. The highest BCUT2D eigenvalue weighted by atomic mass is 28.4. The van der Waals surface area contributed by atoms with E-state index in [0.717, 1.165) is 0 Å². The lowest BCUT2D eigenvalue weighted by Gasteiger charge is -2.32. The third kappa shape index (κ3) is 6.14. The average molecular weight is 387 g/mol. The molecule has 0 atom stereocenters. The van der Waals surface area contributed by atoms with Crippen LogP contribution in [-0.4, -0.2) is 68.3 Å². The molecule has 0 radical (unpaired) electrons. The second-order valence-electron chi connectivity index (χ2n) is 5.56.